The number of rotatable bonds is 3. The fraction of sp³-hybridized carbons (Fsp3) is 0.500. The van der Waals surface area contributed by atoms with E-state index in [1.165, 1.54) is 12.1 Å². The van der Waals surface area contributed by atoms with E-state index in [2.05, 4.69) is 10.0 Å². The zero-order chi connectivity index (χ0) is 14.0. The van der Waals surface area contributed by atoms with Crippen molar-refractivity contribution in [1.29, 1.82) is 0 Å². The minimum atomic E-state index is -3.85. The molecule has 0 bridgehead atoms. The number of sulfonamides is 1. The van der Waals surface area contributed by atoms with Gasteiger partial charge in [0.25, 0.3) is 0 Å². The van der Waals surface area contributed by atoms with Gasteiger partial charge >= 0.3 is 0 Å². The molecule has 1 fully saturated rings. The number of hydrogen-bond acceptors (Lipinski definition) is 3. The third-order valence-corrected chi connectivity index (χ3v) is 5.03. The molecule has 19 heavy (non-hydrogen) atoms. The third kappa shape index (κ3) is 3.45. The Morgan fingerprint density at radius 1 is 1.47 bits per heavy atom. The molecular formula is C12H16ClFN2O2S. The molecule has 1 saturated heterocycles. The van der Waals surface area contributed by atoms with Crippen molar-refractivity contribution in [3.63, 3.8) is 0 Å². The molecule has 1 aliphatic heterocycles. The zero-order valence-electron chi connectivity index (χ0n) is 10.5. The maximum atomic E-state index is 13.7. The van der Waals surface area contributed by atoms with Crippen molar-refractivity contribution in [2.75, 3.05) is 13.1 Å². The fourth-order valence-corrected chi connectivity index (χ4v) is 3.74. The molecule has 0 radical (unpaired) electrons. The summed E-state index contributed by atoms with van der Waals surface area (Å²) < 4.78 is 40.6. The highest BCUT2D eigenvalue weighted by atomic mass is 35.5. The highest BCUT2D eigenvalue weighted by molar-refractivity contribution is 7.89. The second kappa shape index (κ2) is 5.75. The molecule has 1 aromatic carbocycles. The number of nitrogens with one attached hydrogen (secondary N) is 2. The summed E-state index contributed by atoms with van der Waals surface area (Å²) in [5, 5.41) is 3.36. The molecule has 2 N–H and O–H groups in total. The second-order valence-electron chi connectivity index (χ2n) is 4.77. The van der Waals surface area contributed by atoms with Crippen LogP contribution in [-0.4, -0.2) is 27.5 Å². The molecular weight excluding hydrogens is 291 g/mol. The lowest BCUT2D eigenvalue weighted by Crippen LogP contribution is -2.48. The number of benzene rings is 1. The van der Waals surface area contributed by atoms with Crippen LogP contribution < -0.4 is 10.0 Å². The first-order valence-electron chi connectivity index (χ1n) is 6.08. The third-order valence-electron chi connectivity index (χ3n) is 3.28. The molecule has 0 aromatic heterocycles. The van der Waals surface area contributed by atoms with Crippen molar-refractivity contribution in [3.8, 4) is 0 Å². The van der Waals surface area contributed by atoms with Gasteiger partial charge in [-0.05, 0) is 43.6 Å². The van der Waals surface area contributed by atoms with E-state index in [0.29, 0.717) is 6.42 Å². The monoisotopic (exact) mass is 306 g/mol. The van der Waals surface area contributed by atoms with Crippen LogP contribution in [0.2, 0.25) is 5.02 Å². The first-order valence-corrected chi connectivity index (χ1v) is 7.94. The Kier molecular flexibility index (Phi) is 4.45. The van der Waals surface area contributed by atoms with Crippen LogP contribution in [0.25, 0.3) is 0 Å². The molecule has 0 saturated carbocycles. The summed E-state index contributed by atoms with van der Waals surface area (Å²) in [7, 11) is -3.85. The summed E-state index contributed by atoms with van der Waals surface area (Å²) in [4.78, 5) is -0.359. The molecule has 7 heteroatoms. The Morgan fingerprint density at radius 2 is 2.21 bits per heavy atom. The molecule has 2 rings (SSSR count). The van der Waals surface area contributed by atoms with Gasteiger partial charge in [0, 0.05) is 11.1 Å². The van der Waals surface area contributed by atoms with E-state index in [0.717, 1.165) is 19.2 Å². The van der Waals surface area contributed by atoms with E-state index in [1.54, 1.807) is 0 Å². The maximum Gasteiger partial charge on any atom is 0.243 e. The van der Waals surface area contributed by atoms with Crippen LogP contribution in [0.15, 0.2) is 23.1 Å². The summed E-state index contributed by atoms with van der Waals surface area (Å²) in [5.41, 5.74) is 0. The molecule has 0 spiro atoms. The van der Waals surface area contributed by atoms with Gasteiger partial charge in [-0.25, -0.2) is 17.5 Å². The highest BCUT2D eigenvalue weighted by Crippen LogP contribution is 2.21. The molecule has 1 heterocycles. The Balaban J connectivity index is 2.22. The van der Waals surface area contributed by atoms with Gasteiger partial charge in [0.2, 0.25) is 10.0 Å². The van der Waals surface area contributed by atoms with Crippen LogP contribution in [-0.2, 0) is 10.0 Å². The van der Waals surface area contributed by atoms with Crippen LogP contribution in [0.1, 0.15) is 13.3 Å². The van der Waals surface area contributed by atoms with Crippen molar-refractivity contribution >= 4 is 21.6 Å². The normalized spacial score (nSPS) is 24.4. The van der Waals surface area contributed by atoms with Crippen LogP contribution in [0, 0.1) is 11.7 Å². The summed E-state index contributed by atoms with van der Waals surface area (Å²) in [6.45, 7) is 3.45. The Hall–Kier alpha value is -0.690. The largest absolute Gasteiger partial charge is 0.316 e. The topological polar surface area (TPSA) is 58.2 Å². The highest BCUT2D eigenvalue weighted by Gasteiger charge is 2.28. The Labute approximate surface area is 117 Å². The minimum absolute atomic E-state index is 0.166. The number of hydrogen-bond donors (Lipinski definition) is 2. The molecule has 1 aromatic rings. The van der Waals surface area contributed by atoms with Gasteiger partial charge in [-0.2, -0.15) is 0 Å². The summed E-state index contributed by atoms with van der Waals surface area (Å²) in [6, 6.07) is 3.38. The van der Waals surface area contributed by atoms with Crippen LogP contribution in [0.3, 0.4) is 0 Å². The summed E-state index contributed by atoms with van der Waals surface area (Å²) >= 11 is 5.62. The quantitative estimate of drug-likeness (QED) is 0.894. The van der Waals surface area contributed by atoms with Gasteiger partial charge in [-0.1, -0.05) is 18.5 Å². The SMILES string of the molecule is CC1CNCCC1NS(=O)(=O)c1ccc(Cl)cc1F. The van der Waals surface area contributed by atoms with Gasteiger partial charge in [-0.15, -0.1) is 0 Å². The lowest BCUT2D eigenvalue weighted by molar-refractivity contribution is 0.327. The van der Waals surface area contributed by atoms with Gasteiger partial charge in [0.15, 0.2) is 0 Å². The van der Waals surface area contributed by atoms with E-state index >= 15 is 0 Å². The van der Waals surface area contributed by atoms with E-state index in [9.17, 15) is 12.8 Å². The van der Waals surface area contributed by atoms with Crippen molar-refractivity contribution in [2.45, 2.75) is 24.3 Å². The lowest BCUT2D eigenvalue weighted by Gasteiger charge is -2.29. The van der Waals surface area contributed by atoms with Crippen LogP contribution in [0.4, 0.5) is 4.39 Å². The standard InChI is InChI=1S/C12H16ClFN2O2S/c1-8-7-15-5-4-11(8)16-19(17,18)12-3-2-9(13)6-10(12)14/h2-3,6,8,11,15-16H,4-5,7H2,1H3. The molecule has 1 aliphatic rings. The lowest BCUT2D eigenvalue weighted by atomic mass is 9.97. The predicted octanol–water partition coefficient (Wildman–Crippen LogP) is 1.76. The Morgan fingerprint density at radius 3 is 2.84 bits per heavy atom. The zero-order valence-corrected chi connectivity index (χ0v) is 12.1. The first-order chi connectivity index (χ1) is 8.90. The molecule has 4 nitrogen and oxygen atoms in total. The molecule has 2 unspecified atom stereocenters. The van der Waals surface area contributed by atoms with Crippen molar-refractivity contribution in [3.05, 3.63) is 29.0 Å². The fourth-order valence-electron chi connectivity index (χ4n) is 2.15. The van der Waals surface area contributed by atoms with E-state index in [4.69, 9.17) is 11.6 Å². The summed E-state index contributed by atoms with van der Waals surface area (Å²) in [5.74, 6) is -0.666. The van der Waals surface area contributed by atoms with Gasteiger partial charge in [-0.3, -0.25) is 0 Å². The minimum Gasteiger partial charge on any atom is -0.316 e. The van der Waals surface area contributed by atoms with Gasteiger partial charge in [0.05, 0.1) is 0 Å². The average molecular weight is 307 g/mol. The molecule has 106 valence electrons. The van der Waals surface area contributed by atoms with Crippen LogP contribution in [0.5, 0.6) is 0 Å². The Bertz CT molecular complexity index is 565. The second-order valence-corrected chi connectivity index (χ2v) is 6.89. The maximum absolute atomic E-state index is 13.7. The number of halogens is 2. The van der Waals surface area contributed by atoms with E-state index < -0.39 is 15.8 Å². The van der Waals surface area contributed by atoms with Gasteiger partial charge in [0.1, 0.15) is 10.7 Å². The molecule has 2 atom stereocenters. The van der Waals surface area contributed by atoms with Gasteiger partial charge < -0.3 is 5.32 Å². The molecule has 0 amide bonds. The van der Waals surface area contributed by atoms with Crippen molar-refractivity contribution in [1.82, 2.24) is 10.0 Å². The van der Waals surface area contributed by atoms with Crippen molar-refractivity contribution < 1.29 is 12.8 Å². The first kappa shape index (κ1) is 14.7. The average Bonchev–Trinajstić information content (AvgIpc) is 2.31. The molecule has 0 aliphatic carbocycles. The summed E-state index contributed by atoms with van der Waals surface area (Å²) in [6.07, 6.45) is 0.690. The smallest absolute Gasteiger partial charge is 0.243 e. The predicted molar refractivity (Wildman–Crippen MR) is 72.2 cm³/mol. The number of piperidine rings is 1. The van der Waals surface area contributed by atoms with E-state index in [1.807, 2.05) is 6.92 Å². The van der Waals surface area contributed by atoms with Crippen LogP contribution >= 0.6 is 11.6 Å². The van der Waals surface area contributed by atoms with Crippen molar-refractivity contribution in [2.24, 2.45) is 5.92 Å². The van der Waals surface area contributed by atoms with E-state index in [-0.39, 0.29) is 21.9 Å².